The number of aromatic hydroxyl groups is 3. The molecule has 27 heavy (non-hydrogen) atoms. The minimum Gasteiger partial charge on any atom is -0.504 e. The van der Waals surface area contributed by atoms with Gasteiger partial charge in [-0.25, -0.2) is 4.98 Å². The molecule has 0 bridgehead atoms. The average molecular weight is 370 g/mol. The van der Waals surface area contributed by atoms with Crippen LogP contribution in [0.3, 0.4) is 0 Å². The molecule has 8 heteroatoms. The predicted molar refractivity (Wildman–Crippen MR) is 99.4 cm³/mol. The molecule has 0 fully saturated rings. The van der Waals surface area contributed by atoms with Gasteiger partial charge in [0.25, 0.3) is 5.56 Å². The van der Waals surface area contributed by atoms with Crippen molar-refractivity contribution in [3.63, 3.8) is 0 Å². The van der Waals surface area contributed by atoms with E-state index in [1.807, 2.05) is 4.90 Å². The first-order valence-corrected chi connectivity index (χ1v) is 9.14. The molecule has 0 radical (unpaired) electrons. The third-order valence-electron chi connectivity index (χ3n) is 5.15. The smallest absolute Gasteiger partial charge is 0.255 e. The van der Waals surface area contributed by atoms with Crippen LogP contribution >= 0.6 is 0 Å². The SMILES string of the molecule is O=c1[nH]c(C2=NCCCC2)nc2c1CN(Cc1ccc(O)c(O)c1O)CC2. The highest BCUT2D eigenvalue weighted by Gasteiger charge is 2.24. The van der Waals surface area contributed by atoms with Crippen molar-refractivity contribution in [3.8, 4) is 17.2 Å². The number of nitrogens with one attached hydrogen (secondary N) is 1. The van der Waals surface area contributed by atoms with Gasteiger partial charge in [-0.15, -0.1) is 0 Å². The number of aromatic amines is 1. The van der Waals surface area contributed by atoms with E-state index in [2.05, 4.69) is 15.0 Å². The minimum atomic E-state index is -0.526. The van der Waals surface area contributed by atoms with E-state index >= 15 is 0 Å². The molecule has 2 aliphatic rings. The largest absolute Gasteiger partial charge is 0.504 e. The van der Waals surface area contributed by atoms with Gasteiger partial charge in [-0.05, 0) is 25.3 Å². The number of fused-ring (bicyclic) bond motifs is 1. The summed E-state index contributed by atoms with van der Waals surface area (Å²) in [6, 6.07) is 2.90. The van der Waals surface area contributed by atoms with E-state index in [-0.39, 0.29) is 17.1 Å². The molecule has 0 saturated carbocycles. The van der Waals surface area contributed by atoms with Gasteiger partial charge in [0.1, 0.15) is 0 Å². The lowest BCUT2D eigenvalue weighted by atomic mass is 10.0. The summed E-state index contributed by atoms with van der Waals surface area (Å²) < 4.78 is 0. The van der Waals surface area contributed by atoms with E-state index in [4.69, 9.17) is 0 Å². The van der Waals surface area contributed by atoms with E-state index in [0.717, 1.165) is 37.2 Å². The Morgan fingerprint density at radius 1 is 1.11 bits per heavy atom. The van der Waals surface area contributed by atoms with Gasteiger partial charge >= 0.3 is 0 Å². The summed E-state index contributed by atoms with van der Waals surface area (Å²) in [4.78, 5) is 26.6. The van der Waals surface area contributed by atoms with Crippen LogP contribution in [0, 0.1) is 0 Å². The lowest BCUT2D eigenvalue weighted by Crippen LogP contribution is -2.36. The highest BCUT2D eigenvalue weighted by atomic mass is 16.3. The van der Waals surface area contributed by atoms with Crippen LogP contribution in [0.15, 0.2) is 21.9 Å². The van der Waals surface area contributed by atoms with E-state index in [0.29, 0.717) is 43.0 Å². The molecule has 1 aromatic carbocycles. The Labute approximate surface area is 155 Å². The van der Waals surface area contributed by atoms with Gasteiger partial charge in [-0.2, -0.15) is 0 Å². The van der Waals surface area contributed by atoms with Gasteiger partial charge < -0.3 is 20.3 Å². The summed E-state index contributed by atoms with van der Waals surface area (Å²) in [5, 5.41) is 29.1. The number of benzene rings is 1. The van der Waals surface area contributed by atoms with Crippen LogP contribution in [-0.2, 0) is 19.5 Å². The maximum atomic E-state index is 12.6. The second kappa shape index (κ2) is 7.03. The summed E-state index contributed by atoms with van der Waals surface area (Å²) in [6.45, 7) is 2.22. The highest BCUT2D eigenvalue weighted by Crippen LogP contribution is 2.37. The van der Waals surface area contributed by atoms with Gasteiger partial charge in [0.2, 0.25) is 5.75 Å². The number of phenols is 3. The Balaban J connectivity index is 1.56. The van der Waals surface area contributed by atoms with Crippen molar-refractivity contribution in [3.05, 3.63) is 45.1 Å². The standard InChI is InChI=1S/C19H22N4O4/c24-15-5-4-11(16(25)17(15)26)9-23-8-6-13-12(10-23)19(27)22-18(21-13)14-3-1-2-7-20-14/h4-5,24-26H,1-3,6-10H2,(H,21,22,27). The topological polar surface area (TPSA) is 122 Å². The zero-order chi connectivity index (χ0) is 19.0. The van der Waals surface area contributed by atoms with Crippen molar-refractivity contribution >= 4 is 5.71 Å². The summed E-state index contributed by atoms with van der Waals surface area (Å²) in [6.07, 6.45) is 3.62. The summed E-state index contributed by atoms with van der Waals surface area (Å²) in [5.74, 6) is -0.632. The molecule has 0 unspecified atom stereocenters. The van der Waals surface area contributed by atoms with Gasteiger partial charge in [0.15, 0.2) is 17.3 Å². The zero-order valence-electron chi connectivity index (χ0n) is 14.9. The molecule has 2 aromatic rings. The number of phenolic OH excluding ortho intramolecular Hbond substituents is 3. The van der Waals surface area contributed by atoms with Crippen molar-refractivity contribution in [2.24, 2.45) is 4.99 Å². The molecule has 0 amide bonds. The first-order chi connectivity index (χ1) is 13.0. The molecule has 2 aliphatic heterocycles. The third-order valence-corrected chi connectivity index (χ3v) is 5.15. The normalized spacial score (nSPS) is 17.4. The Bertz CT molecular complexity index is 967. The van der Waals surface area contributed by atoms with E-state index in [1.165, 1.54) is 6.07 Å². The first kappa shape index (κ1) is 17.5. The number of H-pyrrole nitrogens is 1. The molecule has 0 saturated heterocycles. The Morgan fingerprint density at radius 2 is 1.96 bits per heavy atom. The van der Waals surface area contributed by atoms with Crippen LogP contribution in [0.5, 0.6) is 17.2 Å². The lowest BCUT2D eigenvalue weighted by molar-refractivity contribution is 0.237. The second-order valence-corrected chi connectivity index (χ2v) is 7.03. The number of hydrogen-bond acceptors (Lipinski definition) is 7. The zero-order valence-corrected chi connectivity index (χ0v) is 14.9. The number of rotatable bonds is 3. The first-order valence-electron chi connectivity index (χ1n) is 9.14. The minimum absolute atomic E-state index is 0.147. The molecule has 0 aliphatic carbocycles. The van der Waals surface area contributed by atoms with E-state index < -0.39 is 5.75 Å². The molecule has 3 heterocycles. The summed E-state index contributed by atoms with van der Waals surface area (Å²) >= 11 is 0. The van der Waals surface area contributed by atoms with Crippen molar-refractivity contribution in [2.45, 2.75) is 38.8 Å². The predicted octanol–water partition coefficient (Wildman–Crippen LogP) is 1.42. The van der Waals surface area contributed by atoms with Gasteiger partial charge in [-0.1, -0.05) is 6.07 Å². The maximum absolute atomic E-state index is 12.6. The monoisotopic (exact) mass is 370 g/mol. The molecule has 0 atom stereocenters. The van der Waals surface area contributed by atoms with Crippen molar-refractivity contribution in [2.75, 3.05) is 13.1 Å². The van der Waals surface area contributed by atoms with Crippen molar-refractivity contribution in [1.82, 2.24) is 14.9 Å². The summed E-state index contributed by atoms with van der Waals surface area (Å²) in [7, 11) is 0. The van der Waals surface area contributed by atoms with Crippen LogP contribution in [0.4, 0.5) is 0 Å². The van der Waals surface area contributed by atoms with Crippen LogP contribution in [0.1, 0.15) is 41.9 Å². The number of nitrogens with zero attached hydrogens (tertiary/aromatic N) is 3. The lowest BCUT2D eigenvalue weighted by Gasteiger charge is -2.28. The molecule has 142 valence electrons. The average Bonchev–Trinajstić information content (AvgIpc) is 2.69. The van der Waals surface area contributed by atoms with Gasteiger partial charge in [-0.3, -0.25) is 14.7 Å². The van der Waals surface area contributed by atoms with E-state index in [9.17, 15) is 20.1 Å². The summed E-state index contributed by atoms with van der Waals surface area (Å²) in [5.41, 5.74) is 2.66. The van der Waals surface area contributed by atoms with Gasteiger partial charge in [0.05, 0.1) is 17.0 Å². The van der Waals surface area contributed by atoms with Crippen LogP contribution in [0.25, 0.3) is 0 Å². The fourth-order valence-corrected chi connectivity index (χ4v) is 3.62. The molecular weight excluding hydrogens is 348 g/mol. The third kappa shape index (κ3) is 3.40. The fourth-order valence-electron chi connectivity index (χ4n) is 3.62. The molecule has 4 rings (SSSR count). The van der Waals surface area contributed by atoms with Crippen LogP contribution < -0.4 is 5.56 Å². The number of aromatic nitrogens is 2. The quantitative estimate of drug-likeness (QED) is 0.606. The Hall–Kier alpha value is -2.87. The molecule has 8 nitrogen and oxygen atoms in total. The fraction of sp³-hybridized carbons (Fsp3) is 0.421. The Kier molecular flexibility index (Phi) is 4.57. The van der Waals surface area contributed by atoms with Gasteiger partial charge in [0, 0.05) is 38.2 Å². The second-order valence-electron chi connectivity index (χ2n) is 7.03. The Morgan fingerprint density at radius 3 is 2.74 bits per heavy atom. The molecular formula is C19H22N4O4. The molecule has 1 aromatic heterocycles. The van der Waals surface area contributed by atoms with Crippen molar-refractivity contribution in [1.29, 1.82) is 0 Å². The van der Waals surface area contributed by atoms with Crippen LogP contribution in [-0.4, -0.2) is 49.0 Å². The highest BCUT2D eigenvalue weighted by molar-refractivity contribution is 5.97. The van der Waals surface area contributed by atoms with E-state index in [1.54, 1.807) is 6.07 Å². The number of hydrogen-bond donors (Lipinski definition) is 4. The van der Waals surface area contributed by atoms with Crippen LogP contribution in [0.2, 0.25) is 0 Å². The van der Waals surface area contributed by atoms with Crippen molar-refractivity contribution < 1.29 is 15.3 Å². The maximum Gasteiger partial charge on any atom is 0.255 e. The number of aliphatic imine (C=N–C) groups is 1. The molecule has 4 N–H and O–H groups in total. The molecule has 0 spiro atoms.